The molecule has 6 rings (SSSR count). The molecule has 0 aliphatic heterocycles. The van der Waals surface area contributed by atoms with Crippen molar-refractivity contribution < 1.29 is 25.8 Å². The van der Waals surface area contributed by atoms with Crippen LogP contribution in [0.2, 0.25) is 0 Å². The molecule has 0 fully saturated rings. The minimum Gasteiger partial charge on any atom is -0.376 e. The number of benzene rings is 5. The Morgan fingerprint density at radius 1 is 0.659 bits per heavy atom. The number of alkyl halides is 3. The van der Waals surface area contributed by atoms with Gasteiger partial charge in [0, 0.05) is 5.41 Å². The number of rotatable bonds is 7. The number of hydrogen-bond acceptors (Lipinski definition) is 3. The fourth-order valence-electron chi connectivity index (χ4n) is 6.18. The van der Waals surface area contributed by atoms with Crippen LogP contribution in [0.4, 0.5) is 13.2 Å². The highest BCUT2D eigenvalue weighted by molar-refractivity contribution is 7.88. The molecular weight excluding hydrogens is 598 g/mol. The lowest BCUT2D eigenvalue weighted by atomic mass is 9.82. The summed E-state index contributed by atoms with van der Waals surface area (Å²) in [6.07, 6.45) is 2.17. The minimum atomic E-state index is -5.78. The Kier molecular flexibility index (Phi) is 7.38. The van der Waals surface area contributed by atoms with Gasteiger partial charge in [0.25, 0.3) is 0 Å². The van der Waals surface area contributed by atoms with Gasteiger partial charge in [-0.15, -0.1) is 0 Å². The van der Waals surface area contributed by atoms with E-state index in [0.29, 0.717) is 5.56 Å². The summed E-state index contributed by atoms with van der Waals surface area (Å²) < 4.78 is 66.7. The van der Waals surface area contributed by atoms with E-state index in [-0.39, 0.29) is 5.75 Å². The zero-order chi connectivity index (χ0) is 31.2. The van der Waals surface area contributed by atoms with E-state index >= 15 is 0 Å². The van der Waals surface area contributed by atoms with Gasteiger partial charge in [0.2, 0.25) is 0 Å². The second-order valence-electron chi connectivity index (χ2n) is 11.4. The average Bonchev–Trinajstić information content (AvgIpc) is 3.24. The van der Waals surface area contributed by atoms with Crippen LogP contribution in [0, 0.1) is 0 Å². The van der Waals surface area contributed by atoms with E-state index in [1.54, 1.807) is 6.07 Å². The summed E-state index contributed by atoms with van der Waals surface area (Å²) in [5, 5.41) is 3.76. The normalized spacial score (nSPS) is 14.3. The summed E-state index contributed by atoms with van der Waals surface area (Å²) in [5.74, 6) is -0.369. The first-order valence-corrected chi connectivity index (χ1v) is 17.6. The van der Waals surface area contributed by atoms with Crippen LogP contribution >= 0.6 is 0 Å². The van der Waals surface area contributed by atoms with Gasteiger partial charge < -0.3 is 4.18 Å². The Bertz CT molecular complexity index is 1860. The predicted molar refractivity (Wildman–Crippen MR) is 173 cm³/mol. The van der Waals surface area contributed by atoms with Gasteiger partial charge in [-0.3, -0.25) is 0 Å². The maximum atomic E-state index is 13.0. The summed E-state index contributed by atoms with van der Waals surface area (Å²) in [4.78, 5) is 0. The predicted octanol–water partition coefficient (Wildman–Crippen LogP) is 6.94. The molecule has 3 nitrogen and oxygen atoms in total. The van der Waals surface area contributed by atoms with Gasteiger partial charge in [-0.05, 0) is 55.5 Å². The molecule has 0 unspecified atom stereocenters. The van der Waals surface area contributed by atoms with E-state index in [2.05, 4.69) is 94.8 Å². The SMILES string of the molecule is CC1(C)c2cc(/C=C/[Si](c3ccccc3)(c3ccccc3)c3ccccc3)ccc2-c2ccc(OS(=O)(=O)C(F)(F)F)cc21. The molecule has 0 radical (unpaired) electrons. The monoisotopic (exact) mass is 626 g/mol. The first-order chi connectivity index (χ1) is 20.9. The molecule has 0 bridgehead atoms. The van der Waals surface area contributed by atoms with Crippen molar-refractivity contribution in [1.29, 1.82) is 0 Å². The van der Waals surface area contributed by atoms with E-state index in [1.165, 1.54) is 27.7 Å². The lowest BCUT2D eigenvalue weighted by Crippen LogP contribution is -2.66. The van der Waals surface area contributed by atoms with Crippen LogP contribution in [0.3, 0.4) is 0 Å². The first-order valence-electron chi connectivity index (χ1n) is 14.1. The molecule has 0 spiro atoms. The van der Waals surface area contributed by atoms with Crippen molar-refractivity contribution in [2.45, 2.75) is 24.8 Å². The zero-order valence-corrected chi connectivity index (χ0v) is 25.9. The second-order valence-corrected chi connectivity index (χ2v) is 16.6. The van der Waals surface area contributed by atoms with Crippen molar-refractivity contribution in [2.24, 2.45) is 0 Å². The molecular formula is C36H29F3O3SSi. The van der Waals surface area contributed by atoms with Gasteiger partial charge in [0.05, 0.1) is 0 Å². The van der Waals surface area contributed by atoms with E-state index in [1.807, 2.05) is 44.2 Å². The van der Waals surface area contributed by atoms with E-state index in [4.69, 9.17) is 0 Å². The fourth-order valence-corrected chi connectivity index (χ4v) is 10.8. The lowest BCUT2D eigenvalue weighted by molar-refractivity contribution is -0.0500. The largest absolute Gasteiger partial charge is 0.534 e. The molecule has 222 valence electrons. The van der Waals surface area contributed by atoms with Gasteiger partial charge in [-0.2, -0.15) is 21.6 Å². The average molecular weight is 627 g/mol. The van der Waals surface area contributed by atoms with E-state index in [0.717, 1.165) is 22.3 Å². The van der Waals surface area contributed by atoms with Gasteiger partial charge in [0.15, 0.2) is 8.07 Å². The van der Waals surface area contributed by atoms with Crippen LogP contribution in [0.25, 0.3) is 17.2 Å². The Morgan fingerprint density at radius 2 is 1.11 bits per heavy atom. The van der Waals surface area contributed by atoms with Crippen molar-refractivity contribution in [2.75, 3.05) is 0 Å². The molecule has 5 aromatic carbocycles. The quantitative estimate of drug-likeness (QED) is 0.0851. The molecule has 0 N–H and O–H groups in total. The molecule has 1 aliphatic rings. The smallest absolute Gasteiger partial charge is 0.376 e. The number of halogens is 3. The fraction of sp³-hybridized carbons (Fsp3) is 0.111. The molecule has 0 amide bonds. The molecule has 0 saturated heterocycles. The number of fused-ring (bicyclic) bond motifs is 3. The standard InChI is InChI=1S/C36H29F3O3SSi/c1-35(2)33-24-26(18-20-31(33)32-21-19-27(25-34(32)35)42-43(40,41)36(37,38)39)22-23-44(28-12-6-3-7-13-28,29-14-8-4-9-15-29)30-16-10-5-11-17-30/h3-25H,1-2H3/b23-22+. The maximum absolute atomic E-state index is 13.0. The molecule has 1 aliphatic carbocycles. The lowest BCUT2D eigenvalue weighted by Gasteiger charge is -2.31. The van der Waals surface area contributed by atoms with Crippen LogP contribution in [-0.4, -0.2) is 22.0 Å². The second kappa shape index (κ2) is 10.9. The Labute approximate surface area is 256 Å². The first kappa shape index (κ1) is 29.7. The summed E-state index contributed by atoms with van der Waals surface area (Å²) >= 11 is 0. The third-order valence-electron chi connectivity index (χ3n) is 8.37. The highest BCUT2D eigenvalue weighted by atomic mass is 32.2. The van der Waals surface area contributed by atoms with E-state index in [9.17, 15) is 21.6 Å². The highest BCUT2D eigenvalue weighted by Gasteiger charge is 2.49. The molecule has 0 saturated carbocycles. The van der Waals surface area contributed by atoms with Crippen molar-refractivity contribution in [3.8, 4) is 16.9 Å². The van der Waals surface area contributed by atoms with Crippen LogP contribution in [0.5, 0.6) is 5.75 Å². The zero-order valence-electron chi connectivity index (χ0n) is 24.0. The topological polar surface area (TPSA) is 43.4 Å². The summed E-state index contributed by atoms with van der Waals surface area (Å²) in [6, 6.07) is 42.1. The van der Waals surface area contributed by atoms with Crippen molar-refractivity contribution in [1.82, 2.24) is 0 Å². The summed E-state index contributed by atoms with van der Waals surface area (Å²) in [5.41, 5.74) is 0.704. The molecule has 0 aromatic heterocycles. The molecule has 0 atom stereocenters. The van der Waals surface area contributed by atoms with Crippen LogP contribution in [0.15, 0.2) is 133 Å². The highest BCUT2D eigenvalue weighted by Crippen LogP contribution is 2.50. The van der Waals surface area contributed by atoms with Crippen LogP contribution in [-0.2, 0) is 15.5 Å². The number of hydrogen-bond donors (Lipinski definition) is 0. The van der Waals surface area contributed by atoms with Gasteiger partial charge in [-0.1, -0.05) is 141 Å². The van der Waals surface area contributed by atoms with Gasteiger partial charge in [0.1, 0.15) is 5.75 Å². The van der Waals surface area contributed by atoms with Crippen LogP contribution in [0.1, 0.15) is 30.5 Å². The van der Waals surface area contributed by atoms with Crippen molar-refractivity contribution in [3.05, 3.63) is 150 Å². The summed E-state index contributed by atoms with van der Waals surface area (Å²) in [6.45, 7) is 3.95. The Hall–Kier alpha value is -4.40. The molecule has 8 heteroatoms. The third kappa shape index (κ3) is 5.08. The van der Waals surface area contributed by atoms with Crippen LogP contribution < -0.4 is 19.7 Å². The molecule has 44 heavy (non-hydrogen) atoms. The minimum absolute atomic E-state index is 0.369. The van der Waals surface area contributed by atoms with Crippen molar-refractivity contribution >= 4 is 39.8 Å². The van der Waals surface area contributed by atoms with Gasteiger partial charge >= 0.3 is 15.6 Å². The Balaban J connectivity index is 1.44. The van der Waals surface area contributed by atoms with E-state index < -0.39 is 29.1 Å². The third-order valence-corrected chi connectivity index (χ3v) is 13.8. The molecule has 5 aromatic rings. The molecule has 0 heterocycles. The van der Waals surface area contributed by atoms with Gasteiger partial charge in [-0.25, -0.2) is 0 Å². The van der Waals surface area contributed by atoms with Crippen molar-refractivity contribution in [3.63, 3.8) is 0 Å². The summed E-state index contributed by atoms with van der Waals surface area (Å²) in [7, 11) is -8.40. The maximum Gasteiger partial charge on any atom is 0.534 e. The Morgan fingerprint density at radius 3 is 1.59 bits per heavy atom.